The molecule has 3 heterocycles. The predicted molar refractivity (Wildman–Crippen MR) is 103 cm³/mol. The minimum Gasteiger partial charge on any atom is -0.311 e. The van der Waals surface area contributed by atoms with Crippen molar-refractivity contribution in [2.24, 2.45) is 0 Å². The first kappa shape index (κ1) is 16.7. The SMILES string of the molecule is CCc1nn2c(nnc3c(=O)n(C(C)C)ccc32)c1-c1ccc(Cl)cc1. The van der Waals surface area contributed by atoms with Crippen LogP contribution in [0.25, 0.3) is 27.8 Å². The molecule has 4 aromatic rings. The van der Waals surface area contributed by atoms with Crippen LogP contribution in [0.15, 0.2) is 41.3 Å². The first-order chi connectivity index (χ1) is 12.5. The zero-order valence-corrected chi connectivity index (χ0v) is 15.5. The Morgan fingerprint density at radius 3 is 2.50 bits per heavy atom. The molecule has 0 radical (unpaired) electrons. The van der Waals surface area contributed by atoms with Gasteiger partial charge in [0.15, 0.2) is 11.2 Å². The molecule has 0 atom stereocenters. The molecule has 7 heteroatoms. The zero-order valence-electron chi connectivity index (χ0n) is 14.8. The molecule has 0 amide bonds. The van der Waals surface area contributed by atoms with E-state index < -0.39 is 0 Å². The van der Waals surface area contributed by atoms with Crippen molar-refractivity contribution in [2.75, 3.05) is 0 Å². The summed E-state index contributed by atoms with van der Waals surface area (Å²) >= 11 is 6.01. The fraction of sp³-hybridized carbons (Fsp3) is 0.263. The smallest absolute Gasteiger partial charge is 0.280 e. The van der Waals surface area contributed by atoms with Crippen LogP contribution in [0.2, 0.25) is 5.02 Å². The van der Waals surface area contributed by atoms with E-state index in [0.717, 1.165) is 23.2 Å². The van der Waals surface area contributed by atoms with E-state index in [1.807, 2.05) is 51.1 Å². The summed E-state index contributed by atoms with van der Waals surface area (Å²) in [6.07, 6.45) is 2.53. The molecule has 132 valence electrons. The van der Waals surface area contributed by atoms with Crippen LogP contribution in [0.5, 0.6) is 0 Å². The van der Waals surface area contributed by atoms with Gasteiger partial charge in [0.05, 0.1) is 11.3 Å². The Hall–Kier alpha value is -2.73. The summed E-state index contributed by atoms with van der Waals surface area (Å²) in [6.45, 7) is 5.96. The van der Waals surface area contributed by atoms with E-state index in [9.17, 15) is 4.79 Å². The van der Waals surface area contributed by atoms with Gasteiger partial charge in [-0.2, -0.15) is 5.10 Å². The van der Waals surface area contributed by atoms with Crippen molar-refractivity contribution >= 4 is 28.3 Å². The van der Waals surface area contributed by atoms with Gasteiger partial charge in [-0.3, -0.25) is 4.79 Å². The molecule has 0 aliphatic heterocycles. The molecular formula is C19H18ClN5O. The largest absolute Gasteiger partial charge is 0.311 e. The quantitative estimate of drug-likeness (QED) is 0.550. The van der Waals surface area contributed by atoms with Crippen molar-refractivity contribution in [3.05, 3.63) is 57.6 Å². The van der Waals surface area contributed by atoms with Crippen molar-refractivity contribution < 1.29 is 0 Å². The van der Waals surface area contributed by atoms with E-state index in [1.54, 1.807) is 15.3 Å². The highest BCUT2D eigenvalue weighted by Crippen LogP contribution is 2.29. The monoisotopic (exact) mass is 367 g/mol. The van der Waals surface area contributed by atoms with Crippen molar-refractivity contribution in [1.82, 2.24) is 24.4 Å². The van der Waals surface area contributed by atoms with Gasteiger partial charge in [0.25, 0.3) is 5.56 Å². The van der Waals surface area contributed by atoms with Crippen molar-refractivity contribution in [3.8, 4) is 11.1 Å². The lowest BCUT2D eigenvalue weighted by Crippen LogP contribution is -2.23. The minimum absolute atomic E-state index is 0.0536. The van der Waals surface area contributed by atoms with Gasteiger partial charge in [-0.15, -0.1) is 10.2 Å². The van der Waals surface area contributed by atoms with Gasteiger partial charge in [-0.05, 0) is 44.0 Å². The highest BCUT2D eigenvalue weighted by Gasteiger charge is 2.19. The maximum absolute atomic E-state index is 12.7. The molecule has 0 saturated heterocycles. The Labute approximate surface area is 155 Å². The van der Waals surface area contributed by atoms with Crippen molar-refractivity contribution in [1.29, 1.82) is 0 Å². The fourth-order valence-electron chi connectivity index (χ4n) is 3.17. The Morgan fingerprint density at radius 2 is 1.85 bits per heavy atom. The second kappa shape index (κ2) is 6.21. The number of halogens is 1. The average molecular weight is 368 g/mol. The summed E-state index contributed by atoms with van der Waals surface area (Å²) in [5.41, 5.74) is 4.26. The van der Waals surface area contributed by atoms with Gasteiger partial charge in [-0.25, -0.2) is 4.52 Å². The third-order valence-electron chi connectivity index (χ3n) is 4.50. The van der Waals surface area contributed by atoms with E-state index >= 15 is 0 Å². The maximum atomic E-state index is 12.7. The summed E-state index contributed by atoms with van der Waals surface area (Å²) in [7, 11) is 0. The predicted octanol–water partition coefficient (Wildman–Crippen LogP) is 3.90. The second-order valence-electron chi connectivity index (χ2n) is 6.47. The number of aromatic nitrogens is 5. The molecule has 0 N–H and O–H groups in total. The van der Waals surface area contributed by atoms with Crippen LogP contribution in [-0.4, -0.2) is 24.4 Å². The summed E-state index contributed by atoms with van der Waals surface area (Å²) in [5, 5.41) is 14.0. The van der Waals surface area contributed by atoms with Gasteiger partial charge < -0.3 is 4.57 Å². The third-order valence-corrected chi connectivity index (χ3v) is 4.76. The Kier molecular flexibility index (Phi) is 4.00. The number of aryl methyl sites for hydroxylation is 1. The molecular weight excluding hydrogens is 350 g/mol. The van der Waals surface area contributed by atoms with Crippen LogP contribution in [0, 0.1) is 0 Å². The van der Waals surface area contributed by atoms with Gasteiger partial charge >= 0.3 is 0 Å². The summed E-state index contributed by atoms with van der Waals surface area (Å²) in [6, 6.07) is 9.50. The lowest BCUT2D eigenvalue weighted by Gasteiger charge is -2.10. The number of hydrogen-bond acceptors (Lipinski definition) is 4. The Bertz CT molecular complexity index is 1170. The summed E-state index contributed by atoms with van der Waals surface area (Å²) in [5.74, 6) is 0. The molecule has 0 unspecified atom stereocenters. The van der Waals surface area contributed by atoms with Gasteiger partial charge in [0.2, 0.25) is 0 Å². The number of pyridine rings is 1. The lowest BCUT2D eigenvalue weighted by molar-refractivity contribution is 0.581. The highest BCUT2D eigenvalue weighted by atomic mass is 35.5. The summed E-state index contributed by atoms with van der Waals surface area (Å²) < 4.78 is 3.37. The third kappa shape index (κ3) is 2.49. The van der Waals surface area contributed by atoms with Gasteiger partial charge in [0, 0.05) is 17.3 Å². The van der Waals surface area contributed by atoms with Crippen LogP contribution >= 0.6 is 11.6 Å². The molecule has 0 spiro atoms. The second-order valence-corrected chi connectivity index (χ2v) is 6.91. The molecule has 1 aromatic carbocycles. The highest BCUT2D eigenvalue weighted by molar-refractivity contribution is 6.30. The van der Waals surface area contributed by atoms with E-state index in [1.165, 1.54) is 0 Å². The normalized spacial score (nSPS) is 11.7. The first-order valence-corrected chi connectivity index (χ1v) is 8.94. The van der Waals surface area contributed by atoms with Crippen LogP contribution in [0.4, 0.5) is 0 Å². The van der Waals surface area contributed by atoms with Crippen LogP contribution < -0.4 is 5.56 Å². The molecule has 4 rings (SSSR count). The number of nitrogens with zero attached hydrogens (tertiary/aromatic N) is 5. The average Bonchev–Trinajstić information content (AvgIpc) is 3.01. The lowest BCUT2D eigenvalue weighted by atomic mass is 10.0. The fourth-order valence-corrected chi connectivity index (χ4v) is 3.30. The zero-order chi connectivity index (χ0) is 18.4. The Balaban J connectivity index is 2.06. The molecule has 0 aliphatic rings. The molecule has 0 aliphatic carbocycles. The first-order valence-electron chi connectivity index (χ1n) is 8.56. The molecule has 0 saturated carbocycles. The molecule has 0 fully saturated rings. The maximum Gasteiger partial charge on any atom is 0.280 e. The molecule has 0 bridgehead atoms. The minimum atomic E-state index is -0.159. The molecule has 3 aromatic heterocycles. The van der Waals surface area contributed by atoms with Gasteiger partial charge in [0.1, 0.15) is 5.52 Å². The Morgan fingerprint density at radius 1 is 1.12 bits per heavy atom. The number of hydrogen-bond donors (Lipinski definition) is 0. The number of rotatable bonds is 3. The molecule has 6 nitrogen and oxygen atoms in total. The molecule has 26 heavy (non-hydrogen) atoms. The number of benzene rings is 1. The van der Waals surface area contributed by atoms with E-state index in [-0.39, 0.29) is 11.6 Å². The van der Waals surface area contributed by atoms with E-state index in [0.29, 0.717) is 21.7 Å². The van der Waals surface area contributed by atoms with E-state index in [2.05, 4.69) is 10.2 Å². The van der Waals surface area contributed by atoms with Crippen LogP contribution in [-0.2, 0) is 6.42 Å². The summed E-state index contributed by atoms with van der Waals surface area (Å²) in [4.78, 5) is 12.7. The number of fused-ring (bicyclic) bond motifs is 3. The van der Waals surface area contributed by atoms with E-state index in [4.69, 9.17) is 16.7 Å². The van der Waals surface area contributed by atoms with Crippen LogP contribution in [0.3, 0.4) is 0 Å². The standard InChI is InChI=1S/C19H18ClN5O/c1-4-14-16(12-5-7-13(20)8-6-12)18-22-21-17-15(25(18)23-14)9-10-24(11(2)3)19(17)26/h5-11H,4H2,1-3H3. The van der Waals surface area contributed by atoms with Crippen LogP contribution in [0.1, 0.15) is 32.5 Å². The topological polar surface area (TPSA) is 65.1 Å². The van der Waals surface area contributed by atoms with Crippen molar-refractivity contribution in [2.45, 2.75) is 33.2 Å². The van der Waals surface area contributed by atoms with Crippen molar-refractivity contribution in [3.63, 3.8) is 0 Å². The van der Waals surface area contributed by atoms with Gasteiger partial charge in [-0.1, -0.05) is 30.7 Å².